The first kappa shape index (κ1) is 7.15. The second-order valence-electron chi connectivity index (χ2n) is 3.95. The molecule has 58 valence electrons. The first-order valence-corrected chi connectivity index (χ1v) is 5.39. The highest BCUT2D eigenvalue weighted by atomic mass is 79.9. The molecule has 0 N–H and O–H groups in total. The predicted octanol–water partition coefficient (Wildman–Crippen LogP) is 3.49. The van der Waals surface area contributed by atoms with Gasteiger partial charge in [0, 0.05) is 4.83 Å². The van der Waals surface area contributed by atoms with Gasteiger partial charge in [-0.25, -0.2) is 0 Å². The van der Waals surface area contributed by atoms with Crippen LogP contribution in [0, 0.1) is 5.41 Å². The molecule has 2 aliphatic rings. The molecule has 0 saturated heterocycles. The van der Waals surface area contributed by atoms with Crippen LogP contribution in [0.3, 0.4) is 0 Å². The van der Waals surface area contributed by atoms with E-state index in [9.17, 15) is 0 Å². The van der Waals surface area contributed by atoms with Gasteiger partial charge < -0.3 is 0 Å². The number of halogens is 1. The van der Waals surface area contributed by atoms with Gasteiger partial charge in [-0.2, -0.15) is 0 Å². The van der Waals surface area contributed by atoms with Gasteiger partial charge in [0.2, 0.25) is 0 Å². The summed E-state index contributed by atoms with van der Waals surface area (Å²) in [5.74, 6) is 0. The van der Waals surface area contributed by atoms with Crippen LogP contribution in [0.2, 0.25) is 0 Å². The van der Waals surface area contributed by atoms with Crippen molar-refractivity contribution in [3.63, 3.8) is 0 Å². The molecule has 0 bridgehead atoms. The first-order chi connectivity index (χ1) is 4.83. The lowest BCUT2D eigenvalue weighted by atomic mass is 9.97. The molecule has 2 saturated carbocycles. The van der Waals surface area contributed by atoms with Gasteiger partial charge in [0.1, 0.15) is 0 Å². The topological polar surface area (TPSA) is 0 Å². The normalized spacial score (nSPS) is 37.5. The molecule has 2 aliphatic carbocycles. The molecule has 0 aromatic rings. The lowest BCUT2D eigenvalue weighted by molar-refractivity contribution is 0.444. The Labute approximate surface area is 71.5 Å². The average Bonchev–Trinajstić information content (AvgIpc) is 2.60. The summed E-state index contributed by atoms with van der Waals surface area (Å²) in [7, 11) is 0. The van der Waals surface area contributed by atoms with E-state index in [1.807, 2.05) is 0 Å². The van der Waals surface area contributed by atoms with Crippen LogP contribution in [-0.2, 0) is 0 Å². The molecule has 0 nitrogen and oxygen atoms in total. The quantitative estimate of drug-likeness (QED) is 0.528. The van der Waals surface area contributed by atoms with Gasteiger partial charge in [-0.1, -0.05) is 41.6 Å². The van der Waals surface area contributed by atoms with Gasteiger partial charge in [0.15, 0.2) is 0 Å². The number of alkyl halides is 1. The van der Waals surface area contributed by atoms with E-state index in [0.717, 1.165) is 10.2 Å². The van der Waals surface area contributed by atoms with Crippen molar-refractivity contribution in [2.24, 2.45) is 5.41 Å². The first-order valence-electron chi connectivity index (χ1n) is 4.48. The maximum Gasteiger partial charge on any atom is 0.0208 e. The Balaban J connectivity index is 1.95. The zero-order chi connectivity index (χ0) is 7.03. The lowest BCUT2D eigenvalue weighted by Gasteiger charge is -2.10. The van der Waals surface area contributed by atoms with E-state index in [1.165, 1.54) is 44.9 Å². The number of hydrogen-bond donors (Lipinski definition) is 0. The Kier molecular flexibility index (Phi) is 1.79. The molecule has 0 aromatic heterocycles. The third-order valence-electron chi connectivity index (χ3n) is 3.19. The second kappa shape index (κ2) is 2.51. The summed E-state index contributed by atoms with van der Waals surface area (Å²) in [5, 5.41) is 0. The molecule has 1 heteroatoms. The number of rotatable bonds is 0. The summed E-state index contributed by atoms with van der Waals surface area (Å²) in [5.41, 5.74) is 0.788. The van der Waals surface area contributed by atoms with Crippen LogP contribution in [0.4, 0.5) is 0 Å². The summed E-state index contributed by atoms with van der Waals surface area (Å²) in [6.45, 7) is 0. The molecule has 1 spiro atoms. The third-order valence-corrected chi connectivity index (χ3v) is 4.48. The van der Waals surface area contributed by atoms with Crippen LogP contribution < -0.4 is 0 Å². The van der Waals surface area contributed by atoms with Crippen LogP contribution in [0.1, 0.15) is 44.9 Å². The van der Waals surface area contributed by atoms with Crippen LogP contribution in [-0.4, -0.2) is 4.83 Å². The van der Waals surface area contributed by atoms with Crippen molar-refractivity contribution in [1.29, 1.82) is 0 Å². The summed E-state index contributed by atoms with van der Waals surface area (Å²) in [4.78, 5) is 0.887. The van der Waals surface area contributed by atoms with E-state index in [1.54, 1.807) is 0 Å². The van der Waals surface area contributed by atoms with Gasteiger partial charge in [-0.3, -0.25) is 0 Å². The van der Waals surface area contributed by atoms with Gasteiger partial charge in [-0.05, 0) is 24.7 Å². The fourth-order valence-corrected chi connectivity index (χ4v) is 3.35. The Morgan fingerprint density at radius 3 is 1.90 bits per heavy atom. The minimum atomic E-state index is 0.788. The van der Waals surface area contributed by atoms with Crippen LogP contribution in [0.5, 0.6) is 0 Å². The predicted molar refractivity (Wildman–Crippen MR) is 47.5 cm³/mol. The minimum Gasteiger partial charge on any atom is -0.0884 e. The van der Waals surface area contributed by atoms with Crippen molar-refractivity contribution in [2.45, 2.75) is 49.8 Å². The van der Waals surface area contributed by atoms with E-state index in [4.69, 9.17) is 0 Å². The van der Waals surface area contributed by atoms with Crippen LogP contribution in [0.25, 0.3) is 0 Å². The highest BCUT2D eigenvalue weighted by Gasteiger charge is 2.51. The van der Waals surface area contributed by atoms with Crippen molar-refractivity contribution in [1.82, 2.24) is 0 Å². The SMILES string of the molecule is BrC1CC12CCCCCC2. The maximum absolute atomic E-state index is 3.74. The molecule has 0 heterocycles. The summed E-state index contributed by atoms with van der Waals surface area (Å²) in [6, 6.07) is 0. The molecule has 0 radical (unpaired) electrons. The van der Waals surface area contributed by atoms with Crippen LogP contribution in [0.15, 0.2) is 0 Å². The van der Waals surface area contributed by atoms with Gasteiger partial charge in [0.25, 0.3) is 0 Å². The molecule has 1 atom stereocenters. The molecule has 1 unspecified atom stereocenters. The van der Waals surface area contributed by atoms with Crippen molar-refractivity contribution >= 4 is 15.9 Å². The Bertz CT molecular complexity index is 123. The van der Waals surface area contributed by atoms with E-state index in [2.05, 4.69) is 15.9 Å². The highest BCUT2D eigenvalue weighted by Crippen LogP contribution is 2.59. The molecule has 0 aromatic carbocycles. The van der Waals surface area contributed by atoms with Crippen molar-refractivity contribution in [3.05, 3.63) is 0 Å². The third kappa shape index (κ3) is 1.13. The van der Waals surface area contributed by atoms with Crippen molar-refractivity contribution < 1.29 is 0 Å². The molecule has 10 heavy (non-hydrogen) atoms. The Morgan fingerprint density at radius 1 is 1.00 bits per heavy atom. The number of hydrogen-bond acceptors (Lipinski definition) is 0. The fraction of sp³-hybridized carbons (Fsp3) is 1.00. The highest BCUT2D eigenvalue weighted by molar-refractivity contribution is 9.09. The van der Waals surface area contributed by atoms with Gasteiger partial charge in [0.05, 0.1) is 0 Å². The molecule has 0 amide bonds. The maximum atomic E-state index is 3.74. The summed E-state index contributed by atoms with van der Waals surface area (Å²) < 4.78 is 0. The van der Waals surface area contributed by atoms with Gasteiger partial charge in [-0.15, -0.1) is 0 Å². The second-order valence-corrected chi connectivity index (χ2v) is 5.05. The zero-order valence-electron chi connectivity index (χ0n) is 6.41. The summed E-state index contributed by atoms with van der Waals surface area (Å²) in [6.07, 6.45) is 10.4. The molecule has 2 fully saturated rings. The molecular weight excluding hydrogens is 188 g/mol. The largest absolute Gasteiger partial charge is 0.0884 e. The van der Waals surface area contributed by atoms with E-state index >= 15 is 0 Å². The average molecular weight is 203 g/mol. The van der Waals surface area contributed by atoms with Crippen LogP contribution >= 0.6 is 15.9 Å². The lowest BCUT2D eigenvalue weighted by Crippen LogP contribution is -2.00. The zero-order valence-corrected chi connectivity index (χ0v) is 7.99. The van der Waals surface area contributed by atoms with E-state index < -0.39 is 0 Å². The standard InChI is InChI=1S/C9H15Br/c10-8-7-9(8)5-3-1-2-4-6-9/h8H,1-7H2. The smallest absolute Gasteiger partial charge is 0.0208 e. The fourth-order valence-electron chi connectivity index (χ4n) is 2.25. The van der Waals surface area contributed by atoms with Gasteiger partial charge >= 0.3 is 0 Å². The molecule has 0 aliphatic heterocycles. The Hall–Kier alpha value is 0.480. The summed E-state index contributed by atoms with van der Waals surface area (Å²) >= 11 is 3.74. The molecule has 2 rings (SSSR count). The monoisotopic (exact) mass is 202 g/mol. The van der Waals surface area contributed by atoms with E-state index in [-0.39, 0.29) is 0 Å². The van der Waals surface area contributed by atoms with Crippen molar-refractivity contribution in [3.8, 4) is 0 Å². The van der Waals surface area contributed by atoms with Crippen molar-refractivity contribution in [2.75, 3.05) is 0 Å². The minimum absolute atomic E-state index is 0.788. The molecular formula is C9H15Br. The van der Waals surface area contributed by atoms with E-state index in [0.29, 0.717) is 0 Å². The Morgan fingerprint density at radius 2 is 1.50 bits per heavy atom.